The summed E-state index contributed by atoms with van der Waals surface area (Å²) in [5, 5.41) is 11.7. The van der Waals surface area contributed by atoms with Crippen LogP contribution in [0.5, 0.6) is 0 Å². The maximum atomic E-state index is 11.5. The van der Waals surface area contributed by atoms with Crippen molar-refractivity contribution in [1.82, 2.24) is 10.2 Å². The molecule has 5 nitrogen and oxygen atoms in total. The van der Waals surface area contributed by atoms with Gasteiger partial charge in [-0.2, -0.15) is 0 Å². The monoisotopic (exact) mass is 264 g/mol. The van der Waals surface area contributed by atoms with Crippen LogP contribution in [0.15, 0.2) is 0 Å². The van der Waals surface area contributed by atoms with Gasteiger partial charge in [0.15, 0.2) is 0 Å². The lowest BCUT2D eigenvalue weighted by Crippen LogP contribution is -2.49. The summed E-state index contributed by atoms with van der Waals surface area (Å²) in [5.74, 6) is -0.836. The van der Waals surface area contributed by atoms with Crippen molar-refractivity contribution in [3.8, 4) is 0 Å². The second-order valence-electron chi connectivity index (χ2n) is 4.21. The molecule has 1 fully saturated rings. The number of halogens is 1. The Morgan fingerprint density at radius 2 is 2.18 bits per heavy atom. The summed E-state index contributed by atoms with van der Waals surface area (Å²) in [5.41, 5.74) is 0. The molecule has 2 N–H and O–H groups in total. The van der Waals surface area contributed by atoms with Crippen LogP contribution in [0.3, 0.4) is 0 Å². The molecule has 6 heteroatoms. The Morgan fingerprint density at radius 1 is 1.53 bits per heavy atom. The Balaban J connectivity index is 0.00000256. The van der Waals surface area contributed by atoms with Crippen molar-refractivity contribution in [2.24, 2.45) is 5.92 Å². The number of amides is 1. The molecule has 0 spiro atoms. The van der Waals surface area contributed by atoms with E-state index in [0.29, 0.717) is 13.0 Å². The summed E-state index contributed by atoms with van der Waals surface area (Å²) in [6, 6.07) is -0.451. The molecule has 0 saturated carbocycles. The quantitative estimate of drug-likeness (QED) is 0.785. The number of rotatable bonds is 4. The minimum atomic E-state index is -0.792. The number of hydrogen-bond acceptors (Lipinski definition) is 3. The smallest absolute Gasteiger partial charge is 0.320 e. The van der Waals surface area contributed by atoms with Gasteiger partial charge in [-0.15, -0.1) is 12.4 Å². The van der Waals surface area contributed by atoms with E-state index in [1.807, 2.05) is 11.8 Å². The SMILES string of the molecule is CCC(C(=O)O)N1CCCC(C(=O)NC)C1.Cl. The summed E-state index contributed by atoms with van der Waals surface area (Å²) in [6.07, 6.45) is 2.32. The zero-order valence-corrected chi connectivity index (χ0v) is 11.1. The molecule has 0 aliphatic carbocycles. The molecule has 100 valence electrons. The third kappa shape index (κ3) is 4.16. The summed E-state index contributed by atoms with van der Waals surface area (Å²) in [6.45, 7) is 3.20. The van der Waals surface area contributed by atoms with E-state index in [9.17, 15) is 9.59 Å². The first kappa shape index (κ1) is 16.2. The summed E-state index contributed by atoms with van der Waals surface area (Å²) < 4.78 is 0. The second kappa shape index (κ2) is 7.50. The van der Waals surface area contributed by atoms with Crippen molar-refractivity contribution in [3.63, 3.8) is 0 Å². The van der Waals surface area contributed by atoms with Crippen LogP contribution in [0.1, 0.15) is 26.2 Å². The molecule has 1 aliphatic heterocycles. The summed E-state index contributed by atoms with van der Waals surface area (Å²) in [4.78, 5) is 24.5. The Kier molecular flexibility index (Phi) is 7.15. The maximum absolute atomic E-state index is 11.5. The Labute approximate surface area is 108 Å². The van der Waals surface area contributed by atoms with Gasteiger partial charge >= 0.3 is 5.97 Å². The van der Waals surface area contributed by atoms with Crippen molar-refractivity contribution in [1.29, 1.82) is 0 Å². The van der Waals surface area contributed by atoms with Gasteiger partial charge in [-0.3, -0.25) is 14.5 Å². The van der Waals surface area contributed by atoms with Gasteiger partial charge in [-0.25, -0.2) is 0 Å². The van der Waals surface area contributed by atoms with Crippen LogP contribution >= 0.6 is 12.4 Å². The van der Waals surface area contributed by atoms with Gasteiger partial charge < -0.3 is 10.4 Å². The van der Waals surface area contributed by atoms with Crippen molar-refractivity contribution < 1.29 is 14.7 Å². The number of piperidine rings is 1. The van der Waals surface area contributed by atoms with Crippen LogP contribution < -0.4 is 5.32 Å². The normalized spacial score (nSPS) is 22.4. The molecule has 0 aromatic carbocycles. The number of hydrogen-bond donors (Lipinski definition) is 2. The van der Waals surface area contributed by atoms with E-state index in [1.165, 1.54) is 0 Å². The first-order valence-corrected chi connectivity index (χ1v) is 5.78. The third-order valence-electron chi connectivity index (χ3n) is 3.18. The number of carbonyl (C=O) groups excluding carboxylic acids is 1. The van der Waals surface area contributed by atoms with Gasteiger partial charge in [0.05, 0.1) is 5.92 Å². The van der Waals surface area contributed by atoms with Crippen LogP contribution in [0, 0.1) is 5.92 Å². The predicted octanol–water partition coefficient (Wildman–Crippen LogP) is 0.729. The second-order valence-corrected chi connectivity index (χ2v) is 4.21. The van der Waals surface area contributed by atoms with E-state index in [4.69, 9.17) is 5.11 Å². The molecule has 2 unspecified atom stereocenters. The molecule has 1 amide bonds. The fourth-order valence-electron chi connectivity index (χ4n) is 2.30. The molecule has 1 aliphatic rings. The third-order valence-corrected chi connectivity index (χ3v) is 3.18. The molecular weight excluding hydrogens is 244 g/mol. The van der Waals surface area contributed by atoms with Gasteiger partial charge in [0.2, 0.25) is 5.91 Å². The summed E-state index contributed by atoms with van der Waals surface area (Å²) >= 11 is 0. The zero-order valence-electron chi connectivity index (χ0n) is 10.3. The lowest BCUT2D eigenvalue weighted by atomic mass is 9.95. The van der Waals surface area contributed by atoms with Crippen LogP contribution in [0.25, 0.3) is 0 Å². The Bertz CT molecular complexity index is 273. The Hall–Kier alpha value is -0.810. The van der Waals surface area contributed by atoms with Crippen LogP contribution in [0.2, 0.25) is 0 Å². The molecule has 0 bridgehead atoms. The number of carbonyl (C=O) groups is 2. The average molecular weight is 265 g/mol. The molecule has 0 aromatic rings. The maximum Gasteiger partial charge on any atom is 0.320 e. The molecule has 17 heavy (non-hydrogen) atoms. The number of carboxylic acid groups (broad SMARTS) is 1. The number of carboxylic acids is 1. The molecule has 1 rings (SSSR count). The number of aliphatic carboxylic acids is 1. The fraction of sp³-hybridized carbons (Fsp3) is 0.818. The number of nitrogens with one attached hydrogen (secondary N) is 1. The van der Waals surface area contributed by atoms with Gasteiger partial charge in [-0.1, -0.05) is 6.92 Å². The van der Waals surface area contributed by atoms with E-state index in [1.54, 1.807) is 7.05 Å². The minimum Gasteiger partial charge on any atom is -0.480 e. The number of likely N-dealkylation sites (tertiary alicyclic amines) is 1. The van der Waals surface area contributed by atoms with E-state index < -0.39 is 12.0 Å². The molecule has 2 atom stereocenters. The zero-order chi connectivity index (χ0) is 12.1. The molecule has 0 radical (unpaired) electrons. The van der Waals surface area contributed by atoms with E-state index in [-0.39, 0.29) is 24.2 Å². The highest BCUT2D eigenvalue weighted by Crippen LogP contribution is 2.19. The lowest BCUT2D eigenvalue weighted by molar-refractivity contribution is -0.145. The summed E-state index contributed by atoms with van der Waals surface area (Å²) in [7, 11) is 1.62. The van der Waals surface area contributed by atoms with Gasteiger partial charge in [0.25, 0.3) is 0 Å². The molecule has 1 saturated heterocycles. The van der Waals surface area contributed by atoms with E-state index >= 15 is 0 Å². The highest BCUT2D eigenvalue weighted by molar-refractivity contribution is 5.85. The van der Waals surface area contributed by atoms with Crippen molar-refractivity contribution in [2.45, 2.75) is 32.2 Å². The van der Waals surface area contributed by atoms with E-state index in [0.717, 1.165) is 19.4 Å². The van der Waals surface area contributed by atoms with Crippen LogP contribution in [0.4, 0.5) is 0 Å². The van der Waals surface area contributed by atoms with E-state index in [2.05, 4.69) is 5.32 Å². The predicted molar refractivity (Wildman–Crippen MR) is 67.3 cm³/mol. The molecule has 0 aromatic heterocycles. The highest BCUT2D eigenvalue weighted by atomic mass is 35.5. The van der Waals surface area contributed by atoms with Gasteiger partial charge in [0, 0.05) is 13.6 Å². The largest absolute Gasteiger partial charge is 0.480 e. The van der Waals surface area contributed by atoms with Crippen LogP contribution in [-0.2, 0) is 9.59 Å². The highest BCUT2D eigenvalue weighted by Gasteiger charge is 2.31. The van der Waals surface area contributed by atoms with Crippen molar-refractivity contribution in [3.05, 3.63) is 0 Å². The number of nitrogens with zero attached hydrogens (tertiary/aromatic N) is 1. The lowest BCUT2D eigenvalue weighted by Gasteiger charge is -2.35. The Morgan fingerprint density at radius 3 is 2.65 bits per heavy atom. The van der Waals surface area contributed by atoms with Crippen molar-refractivity contribution >= 4 is 24.3 Å². The van der Waals surface area contributed by atoms with Crippen LogP contribution in [-0.4, -0.2) is 48.1 Å². The minimum absolute atomic E-state index is 0. The van der Waals surface area contributed by atoms with Gasteiger partial charge in [-0.05, 0) is 25.8 Å². The molecular formula is C11H21ClN2O3. The molecule has 1 heterocycles. The van der Waals surface area contributed by atoms with Crippen molar-refractivity contribution in [2.75, 3.05) is 20.1 Å². The standard InChI is InChI=1S/C11H20N2O3.ClH/c1-3-9(11(15)16)13-6-4-5-8(7-13)10(14)12-2;/h8-9H,3-7H2,1-2H3,(H,12,14)(H,15,16);1H. The average Bonchev–Trinajstić information content (AvgIpc) is 2.29. The topological polar surface area (TPSA) is 69.6 Å². The fourth-order valence-corrected chi connectivity index (χ4v) is 2.30. The first-order valence-electron chi connectivity index (χ1n) is 5.78. The first-order chi connectivity index (χ1) is 7.60. The van der Waals surface area contributed by atoms with Gasteiger partial charge in [0.1, 0.15) is 6.04 Å².